The van der Waals surface area contributed by atoms with Gasteiger partial charge in [0.2, 0.25) is 0 Å². The number of likely N-dealkylation sites (N-methyl/N-ethyl adjacent to an activating group) is 1. The molecule has 2 aliphatic heterocycles. The number of nitrogens with zero attached hydrogens (tertiary/aromatic N) is 2. The van der Waals surface area contributed by atoms with Crippen LogP contribution < -0.4 is 0 Å². The molecule has 0 aromatic carbocycles. The largest absolute Gasteiger partial charge is 0.486 e. The molecule has 2 fully saturated rings. The third kappa shape index (κ3) is 4.32. The number of piperazine rings is 1. The molecule has 0 bridgehead atoms. The van der Waals surface area contributed by atoms with Crippen molar-refractivity contribution >= 4 is 7.12 Å². The van der Waals surface area contributed by atoms with E-state index in [9.17, 15) is 0 Å². The highest BCUT2D eigenvalue weighted by molar-refractivity contribution is 6.51. The van der Waals surface area contributed by atoms with Crippen molar-refractivity contribution in [1.82, 2.24) is 9.80 Å². The monoisotopic (exact) mass is 294 g/mol. The fraction of sp³-hybridized carbons (Fsp3) is 0.875. The van der Waals surface area contributed by atoms with Crippen LogP contribution in [0.15, 0.2) is 12.1 Å². The van der Waals surface area contributed by atoms with Crippen molar-refractivity contribution in [2.75, 3.05) is 39.3 Å². The predicted octanol–water partition coefficient (Wildman–Crippen LogP) is 2.20. The molecule has 0 aromatic heterocycles. The summed E-state index contributed by atoms with van der Waals surface area (Å²) in [5, 5.41) is 0. The zero-order valence-electron chi connectivity index (χ0n) is 14.4. The number of hydrogen-bond donors (Lipinski definition) is 0. The Hall–Kier alpha value is -0.355. The summed E-state index contributed by atoms with van der Waals surface area (Å²) in [7, 11) is -0.202. The van der Waals surface area contributed by atoms with Crippen molar-refractivity contribution in [3.8, 4) is 0 Å². The third-order valence-electron chi connectivity index (χ3n) is 5.09. The van der Waals surface area contributed by atoms with Gasteiger partial charge in [-0.3, -0.25) is 0 Å². The Morgan fingerprint density at radius 2 is 1.48 bits per heavy atom. The molecule has 0 aliphatic carbocycles. The van der Waals surface area contributed by atoms with E-state index in [4.69, 9.17) is 9.31 Å². The van der Waals surface area contributed by atoms with Crippen molar-refractivity contribution in [2.45, 2.75) is 52.2 Å². The molecule has 0 spiro atoms. The van der Waals surface area contributed by atoms with Crippen molar-refractivity contribution in [2.24, 2.45) is 0 Å². The third-order valence-corrected chi connectivity index (χ3v) is 5.09. The smallest absolute Gasteiger partial charge is 0.400 e. The molecule has 4 nitrogen and oxygen atoms in total. The van der Waals surface area contributed by atoms with Gasteiger partial charge in [0, 0.05) is 32.7 Å². The molecule has 0 saturated carbocycles. The highest BCUT2D eigenvalue weighted by Crippen LogP contribution is 2.36. The molecule has 2 heterocycles. The van der Waals surface area contributed by atoms with Gasteiger partial charge in [-0.05, 0) is 40.7 Å². The van der Waals surface area contributed by atoms with E-state index in [0.29, 0.717) is 0 Å². The minimum absolute atomic E-state index is 0.202. The highest BCUT2D eigenvalue weighted by atomic mass is 16.7. The second kappa shape index (κ2) is 6.82. The fourth-order valence-electron chi connectivity index (χ4n) is 2.76. The first-order valence-electron chi connectivity index (χ1n) is 8.31. The normalized spacial score (nSPS) is 26.8. The SMILES string of the molecule is CCN1CCN(CC/C=C/B2OC(C)(C)C(C)(C)O2)CC1. The molecule has 0 amide bonds. The van der Waals surface area contributed by atoms with Crippen LogP contribution in [0.3, 0.4) is 0 Å². The van der Waals surface area contributed by atoms with Gasteiger partial charge >= 0.3 is 7.12 Å². The Balaban J connectivity index is 1.68. The Morgan fingerprint density at radius 1 is 0.952 bits per heavy atom. The van der Waals surface area contributed by atoms with E-state index in [2.05, 4.69) is 56.5 Å². The molecule has 0 unspecified atom stereocenters. The van der Waals surface area contributed by atoms with Crippen LogP contribution in [0, 0.1) is 0 Å². The lowest BCUT2D eigenvalue weighted by atomic mass is 9.90. The maximum absolute atomic E-state index is 5.96. The van der Waals surface area contributed by atoms with Crippen LogP contribution in [0.1, 0.15) is 41.0 Å². The van der Waals surface area contributed by atoms with Gasteiger partial charge in [0.05, 0.1) is 11.2 Å². The van der Waals surface area contributed by atoms with Crippen molar-refractivity contribution < 1.29 is 9.31 Å². The summed E-state index contributed by atoms with van der Waals surface area (Å²) < 4.78 is 11.9. The van der Waals surface area contributed by atoms with Crippen molar-refractivity contribution in [1.29, 1.82) is 0 Å². The predicted molar refractivity (Wildman–Crippen MR) is 88.4 cm³/mol. The zero-order chi connectivity index (χ0) is 15.5. The first-order chi connectivity index (χ1) is 9.84. The Morgan fingerprint density at radius 3 is 2.00 bits per heavy atom. The Bertz CT molecular complexity index is 347. The lowest BCUT2D eigenvalue weighted by Crippen LogP contribution is -2.46. The van der Waals surface area contributed by atoms with Crippen molar-refractivity contribution in [3.05, 3.63) is 12.1 Å². The number of hydrogen-bond acceptors (Lipinski definition) is 4. The Labute approximate surface area is 130 Å². The van der Waals surface area contributed by atoms with Crippen LogP contribution in [0.25, 0.3) is 0 Å². The van der Waals surface area contributed by atoms with Crippen molar-refractivity contribution in [3.63, 3.8) is 0 Å². The Kier molecular flexibility index (Phi) is 5.52. The van der Waals surface area contributed by atoms with Crippen LogP contribution >= 0.6 is 0 Å². The average molecular weight is 294 g/mol. The van der Waals surface area contributed by atoms with E-state index in [1.807, 2.05) is 0 Å². The van der Waals surface area contributed by atoms with Gasteiger partial charge in [0.25, 0.3) is 0 Å². The molecular weight excluding hydrogens is 263 g/mol. The highest BCUT2D eigenvalue weighted by Gasteiger charge is 2.49. The summed E-state index contributed by atoms with van der Waals surface area (Å²) in [5.74, 6) is 2.07. The lowest BCUT2D eigenvalue weighted by molar-refractivity contribution is 0.00578. The van der Waals surface area contributed by atoms with Gasteiger partial charge in [-0.25, -0.2) is 0 Å². The van der Waals surface area contributed by atoms with E-state index >= 15 is 0 Å². The summed E-state index contributed by atoms with van der Waals surface area (Å²) in [5.41, 5.74) is -0.475. The maximum Gasteiger partial charge on any atom is 0.486 e. The van der Waals surface area contributed by atoms with E-state index in [1.54, 1.807) is 0 Å². The van der Waals surface area contributed by atoms with Crippen LogP contribution in [0.5, 0.6) is 0 Å². The summed E-state index contributed by atoms with van der Waals surface area (Å²) >= 11 is 0. The molecule has 0 radical (unpaired) electrons. The molecule has 0 aromatic rings. The first-order valence-corrected chi connectivity index (χ1v) is 8.31. The molecule has 0 N–H and O–H groups in total. The van der Waals surface area contributed by atoms with E-state index in [0.717, 1.165) is 13.0 Å². The molecule has 2 saturated heterocycles. The van der Waals surface area contributed by atoms with Gasteiger partial charge in [-0.1, -0.05) is 19.0 Å². The van der Waals surface area contributed by atoms with Gasteiger partial charge in [0.15, 0.2) is 0 Å². The summed E-state index contributed by atoms with van der Waals surface area (Å²) in [6.07, 6.45) is 3.27. The second-order valence-corrected chi connectivity index (χ2v) is 7.12. The van der Waals surface area contributed by atoms with E-state index in [1.165, 1.54) is 32.7 Å². The van der Waals surface area contributed by atoms with Crippen LogP contribution in [0.2, 0.25) is 0 Å². The standard InChI is InChI=1S/C16H31BN2O2/c1-6-18-11-13-19(14-12-18)10-8-7-9-17-20-15(2,3)16(4,5)21-17/h7,9H,6,8,10-14H2,1-5H3/b9-7+. The zero-order valence-corrected chi connectivity index (χ0v) is 14.4. The fourth-order valence-corrected chi connectivity index (χ4v) is 2.76. The minimum Gasteiger partial charge on any atom is -0.400 e. The summed E-state index contributed by atoms with van der Waals surface area (Å²) in [6, 6.07) is 0. The van der Waals surface area contributed by atoms with Gasteiger partial charge < -0.3 is 19.1 Å². The quantitative estimate of drug-likeness (QED) is 0.726. The molecule has 2 rings (SSSR count). The van der Waals surface area contributed by atoms with Crippen LogP contribution in [0.4, 0.5) is 0 Å². The average Bonchev–Trinajstić information content (AvgIpc) is 2.63. The maximum atomic E-state index is 5.96. The summed E-state index contributed by atoms with van der Waals surface area (Å²) in [4.78, 5) is 5.05. The topological polar surface area (TPSA) is 24.9 Å². The van der Waals surface area contributed by atoms with E-state index in [-0.39, 0.29) is 18.3 Å². The lowest BCUT2D eigenvalue weighted by Gasteiger charge is -2.33. The van der Waals surface area contributed by atoms with Gasteiger partial charge in [0.1, 0.15) is 0 Å². The van der Waals surface area contributed by atoms with Crippen LogP contribution in [-0.2, 0) is 9.31 Å². The second-order valence-electron chi connectivity index (χ2n) is 7.12. The van der Waals surface area contributed by atoms with Crippen LogP contribution in [-0.4, -0.2) is 67.4 Å². The van der Waals surface area contributed by atoms with E-state index < -0.39 is 0 Å². The molecular formula is C16H31BN2O2. The minimum atomic E-state index is -0.238. The molecule has 2 aliphatic rings. The molecule has 120 valence electrons. The van der Waals surface area contributed by atoms with Gasteiger partial charge in [-0.2, -0.15) is 0 Å². The molecule has 21 heavy (non-hydrogen) atoms. The molecule has 0 atom stereocenters. The number of rotatable bonds is 5. The van der Waals surface area contributed by atoms with Gasteiger partial charge in [-0.15, -0.1) is 0 Å². The summed E-state index contributed by atoms with van der Waals surface area (Å²) in [6.45, 7) is 17.7. The first kappa shape index (κ1) is 17.0. The molecule has 5 heteroatoms.